The summed E-state index contributed by atoms with van der Waals surface area (Å²) in [6.45, 7) is 0.183. The standard InChI is InChI=1S/C13H16FN3O2/c1-19-13-16-6-8-2-3-10(14)11(12(8)17-13)9(7-18)4-5-15/h2-3,6,9,18H,4-5,7,15H2,1H3. The second kappa shape index (κ2) is 5.90. The van der Waals surface area contributed by atoms with Gasteiger partial charge in [-0.3, -0.25) is 0 Å². The van der Waals surface area contributed by atoms with E-state index in [1.807, 2.05) is 0 Å². The number of nitrogens with two attached hydrogens (primary N) is 1. The van der Waals surface area contributed by atoms with Crippen molar-refractivity contribution in [1.82, 2.24) is 9.97 Å². The molecule has 2 rings (SSSR count). The molecule has 0 saturated carbocycles. The Hall–Kier alpha value is -1.79. The lowest BCUT2D eigenvalue weighted by molar-refractivity contribution is 0.258. The van der Waals surface area contributed by atoms with Crippen LogP contribution in [0.4, 0.5) is 4.39 Å². The smallest absolute Gasteiger partial charge is 0.316 e. The number of benzene rings is 1. The molecule has 1 atom stereocenters. The molecule has 0 bridgehead atoms. The lowest BCUT2D eigenvalue weighted by Gasteiger charge is -2.16. The van der Waals surface area contributed by atoms with Gasteiger partial charge in [0.2, 0.25) is 0 Å². The van der Waals surface area contributed by atoms with Gasteiger partial charge in [0, 0.05) is 23.1 Å². The van der Waals surface area contributed by atoms with Crippen molar-refractivity contribution < 1.29 is 14.2 Å². The van der Waals surface area contributed by atoms with E-state index in [4.69, 9.17) is 10.5 Å². The minimum atomic E-state index is -0.402. The number of aromatic nitrogens is 2. The molecule has 0 saturated heterocycles. The zero-order valence-electron chi connectivity index (χ0n) is 10.6. The van der Waals surface area contributed by atoms with E-state index in [1.54, 1.807) is 12.3 Å². The summed E-state index contributed by atoms with van der Waals surface area (Å²) in [6.07, 6.45) is 2.06. The van der Waals surface area contributed by atoms with Crippen molar-refractivity contribution in [3.8, 4) is 6.01 Å². The van der Waals surface area contributed by atoms with Gasteiger partial charge in [-0.15, -0.1) is 0 Å². The second-order valence-corrected chi connectivity index (χ2v) is 4.21. The molecule has 1 aromatic carbocycles. The molecule has 1 unspecified atom stereocenters. The molecule has 0 amide bonds. The highest BCUT2D eigenvalue weighted by molar-refractivity contribution is 5.82. The summed E-state index contributed by atoms with van der Waals surface area (Å²) >= 11 is 0. The van der Waals surface area contributed by atoms with E-state index in [-0.39, 0.29) is 18.5 Å². The number of hydrogen-bond acceptors (Lipinski definition) is 5. The fourth-order valence-corrected chi connectivity index (χ4v) is 2.09. The summed E-state index contributed by atoms with van der Waals surface area (Å²) in [5.74, 6) is -0.783. The molecule has 2 aromatic rings. The average Bonchev–Trinajstić information content (AvgIpc) is 2.44. The van der Waals surface area contributed by atoms with Gasteiger partial charge >= 0.3 is 6.01 Å². The maximum Gasteiger partial charge on any atom is 0.316 e. The fourth-order valence-electron chi connectivity index (χ4n) is 2.09. The van der Waals surface area contributed by atoms with Gasteiger partial charge in [-0.1, -0.05) is 0 Å². The molecule has 0 aliphatic heterocycles. The fraction of sp³-hybridized carbons (Fsp3) is 0.385. The molecule has 0 aliphatic carbocycles. The molecule has 19 heavy (non-hydrogen) atoms. The minimum absolute atomic E-state index is 0.170. The zero-order valence-corrected chi connectivity index (χ0v) is 10.6. The number of methoxy groups -OCH3 is 1. The highest BCUT2D eigenvalue weighted by atomic mass is 19.1. The monoisotopic (exact) mass is 265 g/mol. The van der Waals surface area contributed by atoms with Crippen LogP contribution in [-0.2, 0) is 0 Å². The molecule has 3 N–H and O–H groups in total. The molecule has 0 aliphatic rings. The maximum absolute atomic E-state index is 14.1. The normalized spacial score (nSPS) is 12.6. The Bertz CT molecular complexity index is 577. The molecule has 102 valence electrons. The Kier molecular flexibility index (Phi) is 4.24. The molecule has 0 spiro atoms. The third-order valence-corrected chi connectivity index (χ3v) is 3.04. The molecule has 1 aromatic heterocycles. The van der Waals surface area contributed by atoms with Gasteiger partial charge in [0.15, 0.2) is 0 Å². The Morgan fingerprint density at radius 3 is 2.89 bits per heavy atom. The quantitative estimate of drug-likeness (QED) is 0.849. The van der Waals surface area contributed by atoms with E-state index in [9.17, 15) is 9.50 Å². The summed E-state index contributed by atoms with van der Waals surface area (Å²) in [5, 5.41) is 10.1. The van der Waals surface area contributed by atoms with Gasteiger partial charge < -0.3 is 15.6 Å². The van der Waals surface area contributed by atoms with Crippen molar-refractivity contribution in [3.05, 3.63) is 29.7 Å². The summed E-state index contributed by atoms with van der Waals surface area (Å²) in [5.41, 5.74) is 6.33. The van der Waals surface area contributed by atoms with Crippen LogP contribution in [0.2, 0.25) is 0 Å². The molecule has 1 heterocycles. The summed E-state index contributed by atoms with van der Waals surface area (Å²) < 4.78 is 19.0. The molecule has 5 nitrogen and oxygen atoms in total. The molecular weight excluding hydrogens is 249 g/mol. The van der Waals surface area contributed by atoms with Gasteiger partial charge in [-0.2, -0.15) is 4.98 Å². The van der Waals surface area contributed by atoms with E-state index < -0.39 is 5.82 Å². The van der Waals surface area contributed by atoms with Gasteiger partial charge in [-0.05, 0) is 25.1 Å². The van der Waals surface area contributed by atoms with Crippen molar-refractivity contribution in [2.75, 3.05) is 20.3 Å². The summed E-state index contributed by atoms with van der Waals surface area (Å²) in [6, 6.07) is 3.13. The van der Waals surface area contributed by atoms with Gasteiger partial charge in [0.1, 0.15) is 5.82 Å². The van der Waals surface area contributed by atoms with E-state index >= 15 is 0 Å². The van der Waals surface area contributed by atoms with Gasteiger partial charge in [0.05, 0.1) is 19.2 Å². The van der Waals surface area contributed by atoms with Crippen LogP contribution in [0.1, 0.15) is 17.9 Å². The summed E-state index contributed by atoms with van der Waals surface area (Å²) in [4.78, 5) is 8.16. The zero-order chi connectivity index (χ0) is 13.8. The Morgan fingerprint density at radius 1 is 1.47 bits per heavy atom. The number of hydrogen-bond donors (Lipinski definition) is 2. The largest absolute Gasteiger partial charge is 0.467 e. The molecular formula is C13H16FN3O2. The van der Waals surface area contributed by atoms with Crippen molar-refractivity contribution in [2.24, 2.45) is 5.73 Å². The van der Waals surface area contributed by atoms with Crippen LogP contribution >= 0.6 is 0 Å². The predicted octanol–water partition coefficient (Wildman–Crippen LogP) is 1.20. The predicted molar refractivity (Wildman–Crippen MR) is 69.5 cm³/mol. The topological polar surface area (TPSA) is 81.3 Å². The van der Waals surface area contributed by atoms with Gasteiger partial charge in [-0.25, -0.2) is 9.37 Å². The van der Waals surface area contributed by atoms with Crippen molar-refractivity contribution in [2.45, 2.75) is 12.3 Å². The number of ether oxygens (including phenoxy) is 1. The van der Waals surface area contributed by atoms with E-state index in [1.165, 1.54) is 13.2 Å². The Labute approximate surface area is 110 Å². The number of aliphatic hydroxyl groups is 1. The SMILES string of the molecule is COc1ncc2ccc(F)c(C(CO)CCN)c2n1. The highest BCUT2D eigenvalue weighted by Crippen LogP contribution is 2.29. The first-order valence-corrected chi connectivity index (χ1v) is 6.01. The lowest BCUT2D eigenvalue weighted by Crippen LogP contribution is -2.13. The van der Waals surface area contributed by atoms with Crippen LogP contribution in [0.15, 0.2) is 18.3 Å². The van der Waals surface area contributed by atoms with Crippen molar-refractivity contribution in [1.29, 1.82) is 0 Å². The molecule has 0 fully saturated rings. The summed E-state index contributed by atoms with van der Waals surface area (Å²) in [7, 11) is 1.45. The first-order valence-electron chi connectivity index (χ1n) is 6.01. The maximum atomic E-state index is 14.1. The minimum Gasteiger partial charge on any atom is -0.467 e. The first kappa shape index (κ1) is 13.6. The van der Waals surface area contributed by atoms with Crippen LogP contribution in [0.5, 0.6) is 6.01 Å². The van der Waals surface area contributed by atoms with Crippen LogP contribution in [0, 0.1) is 5.82 Å². The second-order valence-electron chi connectivity index (χ2n) is 4.21. The highest BCUT2D eigenvalue weighted by Gasteiger charge is 2.19. The number of rotatable bonds is 5. The number of fused-ring (bicyclic) bond motifs is 1. The van der Waals surface area contributed by atoms with E-state index in [2.05, 4.69) is 9.97 Å². The Morgan fingerprint density at radius 2 is 2.26 bits per heavy atom. The number of halogens is 1. The van der Waals surface area contributed by atoms with Crippen LogP contribution in [0.25, 0.3) is 10.9 Å². The third-order valence-electron chi connectivity index (χ3n) is 3.04. The lowest BCUT2D eigenvalue weighted by atomic mass is 9.94. The van der Waals surface area contributed by atoms with Crippen LogP contribution < -0.4 is 10.5 Å². The first-order chi connectivity index (χ1) is 9.21. The molecule has 0 radical (unpaired) electrons. The van der Waals surface area contributed by atoms with E-state index in [0.717, 1.165) is 0 Å². The Balaban J connectivity index is 2.64. The van der Waals surface area contributed by atoms with Crippen LogP contribution in [0.3, 0.4) is 0 Å². The van der Waals surface area contributed by atoms with Crippen LogP contribution in [-0.4, -0.2) is 35.3 Å². The third kappa shape index (κ3) is 2.64. The number of nitrogens with zero attached hydrogens (tertiary/aromatic N) is 2. The number of aliphatic hydroxyl groups excluding tert-OH is 1. The van der Waals surface area contributed by atoms with Crippen molar-refractivity contribution in [3.63, 3.8) is 0 Å². The average molecular weight is 265 g/mol. The molecule has 6 heteroatoms. The van der Waals surface area contributed by atoms with Gasteiger partial charge in [0.25, 0.3) is 0 Å². The van der Waals surface area contributed by atoms with Crippen molar-refractivity contribution >= 4 is 10.9 Å². The van der Waals surface area contributed by atoms with E-state index in [0.29, 0.717) is 29.4 Å².